The molecule has 1 aliphatic carbocycles. The molecule has 22 heavy (non-hydrogen) atoms. The van der Waals surface area contributed by atoms with Crippen LogP contribution in [0.3, 0.4) is 0 Å². The molecule has 0 atom stereocenters. The molecule has 6 heteroatoms. The van der Waals surface area contributed by atoms with Gasteiger partial charge in [-0.05, 0) is 24.3 Å². The van der Waals surface area contributed by atoms with E-state index < -0.39 is 0 Å². The van der Waals surface area contributed by atoms with Crippen molar-refractivity contribution >= 4 is 11.2 Å². The van der Waals surface area contributed by atoms with E-state index in [0.29, 0.717) is 30.2 Å². The summed E-state index contributed by atoms with van der Waals surface area (Å²) in [7, 11) is 0. The molecule has 2 heterocycles. The Bertz CT molecular complexity index is 932. The number of aromatic nitrogens is 4. The number of rotatable bonds is 4. The lowest BCUT2D eigenvalue weighted by molar-refractivity contribution is 0.607. The summed E-state index contributed by atoms with van der Waals surface area (Å²) in [4.78, 5) is 31.0. The normalized spacial score (nSPS) is 14.5. The van der Waals surface area contributed by atoms with Crippen LogP contribution >= 0.6 is 0 Å². The van der Waals surface area contributed by atoms with Gasteiger partial charge in [0.1, 0.15) is 0 Å². The lowest BCUT2D eigenvalue weighted by Crippen LogP contribution is -2.31. The van der Waals surface area contributed by atoms with E-state index in [1.54, 1.807) is 15.5 Å². The SMILES string of the molecule is O=c1[nH]c(=O)n(CC2CC2)c2ncn(Cc3ccccc3)c12. The van der Waals surface area contributed by atoms with Crippen molar-refractivity contribution in [2.75, 3.05) is 0 Å². The third kappa shape index (κ3) is 2.26. The molecule has 1 aliphatic rings. The molecule has 1 N–H and O–H groups in total. The summed E-state index contributed by atoms with van der Waals surface area (Å²) in [5, 5.41) is 0. The number of imidazole rings is 1. The highest BCUT2D eigenvalue weighted by atomic mass is 16.2. The number of nitrogens with one attached hydrogen (secondary N) is 1. The van der Waals surface area contributed by atoms with Crippen LogP contribution in [0, 0.1) is 5.92 Å². The number of benzene rings is 1. The Kier molecular flexibility index (Phi) is 2.96. The minimum atomic E-state index is -0.375. The Hall–Kier alpha value is -2.63. The molecular weight excluding hydrogens is 280 g/mol. The predicted molar refractivity (Wildman–Crippen MR) is 82.9 cm³/mol. The van der Waals surface area contributed by atoms with E-state index in [2.05, 4.69) is 9.97 Å². The van der Waals surface area contributed by atoms with E-state index in [9.17, 15) is 9.59 Å². The maximum Gasteiger partial charge on any atom is 0.330 e. The fraction of sp³-hybridized carbons (Fsp3) is 0.312. The molecular formula is C16H16N4O2. The summed E-state index contributed by atoms with van der Waals surface area (Å²) < 4.78 is 3.39. The monoisotopic (exact) mass is 296 g/mol. The minimum Gasteiger partial charge on any atom is -0.320 e. The highest BCUT2D eigenvalue weighted by Gasteiger charge is 2.24. The summed E-state index contributed by atoms with van der Waals surface area (Å²) in [5.74, 6) is 0.533. The van der Waals surface area contributed by atoms with Gasteiger partial charge < -0.3 is 4.57 Å². The molecule has 0 unspecified atom stereocenters. The standard InChI is InChI=1S/C16H16N4O2/c21-15-13-14(20(16(22)18-15)9-12-6-7-12)17-10-19(13)8-11-4-2-1-3-5-11/h1-5,10,12H,6-9H2,(H,18,21,22). The van der Waals surface area contributed by atoms with Gasteiger partial charge in [0.05, 0.1) is 6.33 Å². The number of nitrogens with zero attached hydrogens (tertiary/aromatic N) is 3. The first-order chi connectivity index (χ1) is 10.7. The molecule has 1 aromatic carbocycles. The zero-order chi connectivity index (χ0) is 15.1. The number of hydrogen-bond acceptors (Lipinski definition) is 3. The fourth-order valence-electron chi connectivity index (χ4n) is 2.75. The van der Waals surface area contributed by atoms with Crippen molar-refractivity contribution in [3.8, 4) is 0 Å². The van der Waals surface area contributed by atoms with E-state index >= 15 is 0 Å². The Morgan fingerprint density at radius 3 is 2.68 bits per heavy atom. The van der Waals surface area contributed by atoms with Crippen molar-refractivity contribution in [3.63, 3.8) is 0 Å². The van der Waals surface area contributed by atoms with Crippen molar-refractivity contribution in [3.05, 3.63) is 63.1 Å². The highest BCUT2D eigenvalue weighted by Crippen LogP contribution is 2.30. The Balaban J connectivity index is 1.83. The molecule has 0 saturated heterocycles. The fourth-order valence-corrected chi connectivity index (χ4v) is 2.75. The number of hydrogen-bond donors (Lipinski definition) is 1. The summed E-state index contributed by atoms with van der Waals surface area (Å²) >= 11 is 0. The summed E-state index contributed by atoms with van der Waals surface area (Å²) in [6.07, 6.45) is 3.91. The molecule has 112 valence electrons. The Morgan fingerprint density at radius 2 is 1.95 bits per heavy atom. The third-order valence-corrected chi connectivity index (χ3v) is 4.09. The molecule has 3 aromatic rings. The molecule has 1 saturated carbocycles. The van der Waals surface area contributed by atoms with Crippen LogP contribution in [0.2, 0.25) is 0 Å². The van der Waals surface area contributed by atoms with Crippen molar-refractivity contribution in [2.45, 2.75) is 25.9 Å². The molecule has 2 aromatic heterocycles. The van der Waals surface area contributed by atoms with Crippen LogP contribution in [0.1, 0.15) is 18.4 Å². The minimum absolute atomic E-state index is 0.366. The second-order valence-electron chi connectivity index (χ2n) is 5.84. The number of fused-ring (bicyclic) bond motifs is 1. The second-order valence-corrected chi connectivity index (χ2v) is 5.84. The molecule has 1 fully saturated rings. The predicted octanol–water partition coefficient (Wildman–Crippen LogP) is 1.34. The second kappa shape index (κ2) is 4.98. The molecule has 0 amide bonds. The van der Waals surface area contributed by atoms with Crippen molar-refractivity contribution < 1.29 is 0 Å². The molecule has 4 rings (SSSR count). The average molecular weight is 296 g/mol. The van der Waals surface area contributed by atoms with Crippen molar-refractivity contribution in [2.24, 2.45) is 5.92 Å². The van der Waals surface area contributed by atoms with E-state index in [-0.39, 0.29) is 11.2 Å². The number of aromatic amines is 1. The molecule has 0 bridgehead atoms. The first-order valence-corrected chi connectivity index (χ1v) is 7.44. The lowest BCUT2D eigenvalue weighted by atomic mass is 10.2. The van der Waals surface area contributed by atoms with Gasteiger partial charge in [-0.2, -0.15) is 0 Å². The van der Waals surface area contributed by atoms with Crippen LogP contribution in [-0.4, -0.2) is 19.1 Å². The molecule has 6 nitrogen and oxygen atoms in total. The Labute approximate surface area is 126 Å². The first-order valence-electron chi connectivity index (χ1n) is 7.44. The van der Waals surface area contributed by atoms with Crippen LogP contribution < -0.4 is 11.2 Å². The summed E-state index contributed by atoms with van der Waals surface area (Å²) in [6, 6.07) is 9.87. The van der Waals surface area contributed by atoms with Gasteiger partial charge in [-0.25, -0.2) is 9.78 Å². The van der Waals surface area contributed by atoms with Crippen molar-refractivity contribution in [1.82, 2.24) is 19.1 Å². The van der Waals surface area contributed by atoms with E-state index in [0.717, 1.165) is 18.4 Å². The smallest absolute Gasteiger partial charge is 0.320 e. The summed E-state index contributed by atoms with van der Waals surface area (Å²) in [6.45, 7) is 1.19. The third-order valence-electron chi connectivity index (χ3n) is 4.09. The van der Waals surface area contributed by atoms with Crippen LogP contribution in [0.15, 0.2) is 46.2 Å². The van der Waals surface area contributed by atoms with Gasteiger partial charge in [-0.3, -0.25) is 14.3 Å². The molecule has 0 spiro atoms. The van der Waals surface area contributed by atoms with Crippen molar-refractivity contribution in [1.29, 1.82) is 0 Å². The van der Waals surface area contributed by atoms with Crippen LogP contribution in [0.4, 0.5) is 0 Å². The van der Waals surface area contributed by atoms with Crippen LogP contribution in [-0.2, 0) is 13.1 Å². The van der Waals surface area contributed by atoms with Gasteiger partial charge >= 0.3 is 5.69 Å². The van der Waals surface area contributed by atoms with E-state index in [1.165, 1.54) is 0 Å². The van der Waals surface area contributed by atoms with Gasteiger partial charge in [-0.1, -0.05) is 30.3 Å². The molecule has 0 aliphatic heterocycles. The Morgan fingerprint density at radius 1 is 1.18 bits per heavy atom. The number of H-pyrrole nitrogens is 1. The van der Waals surface area contributed by atoms with Crippen LogP contribution in [0.5, 0.6) is 0 Å². The zero-order valence-electron chi connectivity index (χ0n) is 12.0. The highest BCUT2D eigenvalue weighted by molar-refractivity contribution is 5.70. The van der Waals surface area contributed by atoms with Gasteiger partial charge in [0, 0.05) is 13.1 Å². The zero-order valence-corrected chi connectivity index (χ0v) is 12.0. The first kappa shape index (κ1) is 13.1. The topological polar surface area (TPSA) is 72.7 Å². The van der Waals surface area contributed by atoms with E-state index in [1.807, 2.05) is 30.3 Å². The maximum absolute atomic E-state index is 12.2. The van der Waals surface area contributed by atoms with Gasteiger partial charge in [0.2, 0.25) is 0 Å². The largest absolute Gasteiger partial charge is 0.330 e. The van der Waals surface area contributed by atoms with Gasteiger partial charge in [-0.15, -0.1) is 0 Å². The summed E-state index contributed by atoms with van der Waals surface area (Å²) in [5.41, 5.74) is 1.29. The maximum atomic E-state index is 12.2. The quantitative estimate of drug-likeness (QED) is 0.789. The van der Waals surface area contributed by atoms with Gasteiger partial charge in [0.25, 0.3) is 5.56 Å². The van der Waals surface area contributed by atoms with Gasteiger partial charge in [0.15, 0.2) is 11.2 Å². The van der Waals surface area contributed by atoms with Crippen LogP contribution in [0.25, 0.3) is 11.2 Å². The average Bonchev–Trinajstić information content (AvgIpc) is 3.24. The lowest BCUT2D eigenvalue weighted by Gasteiger charge is -2.07. The van der Waals surface area contributed by atoms with E-state index in [4.69, 9.17) is 0 Å². The molecule has 0 radical (unpaired) electrons.